The van der Waals surface area contributed by atoms with Gasteiger partial charge in [0, 0.05) is 12.3 Å². The maximum absolute atomic E-state index is 14.0. The van der Waals surface area contributed by atoms with E-state index in [0.29, 0.717) is 18.6 Å². The van der Waals surface area contributed by atoms with Gasteiger partial charge in [-0.1, -0.05) is 66.7 Å². The lowest BCUT2D eigenvalue weighted by atomic mass is 9.88. The normalized spacial score (nSPS) is 17.9. The van der Waals surface area contributed by atoms with E-state index in [1.165, 1.54) is 0 Å². The van der Waals surface area contributed by atoms with E-state index in [-0.39, 0.29) is 32.0 Å². The van der Waals surface area contributed by atoms with Crippen molar-refractivity contribution in [3.63, 3.8) is 0 Å². The van der Waals surface area contributed by atoms with Crippen LogP contribution in [0.4, 0.5) is 4.79 Å². The van der Waals surface area contributed by atoms with Gasteiger partial charge >= 0.3 is 13.9 Å². The standard InChI is InChI=1S/C35H45N2O10P/c1-35(2,3)47-34(41)36-29(20-23-9-5-4-6-10-23)30(38)22-26(33(40)37-32-28-12-8-7-11-25(28)21-31(32)39)19-24-13-15-27(16-14-24)45-17-18-46-48(42,43)44/h4-16,26,29-32,38-39H,17-22H2,1-3H3,(H,36,41)(H,37,40)(H2,42,43,44)/t26-,29+,30+,31-,32+/m1/s1. The van der Waals surface area contributed by atoms with Gasteiger partial charge in [-0.15, -0.1) is 0 Å². The van der Waals surface area contributed by atoms with Crippen LogP contribution in [0.1, 0.15) is 55.5 Å². The molecule has 48 heavy (non-hydrogen) atoms. The average Bonchev–Trinajstić information content (AvgIpc) is 3.32. The number of phosphoric ester groups is 1. The van der Waals surface area contributed by atoms with Gasteiger partial charge in [0.15, 0.2) is 0 Å². The van der Waals surface area contributed by atoms with E-state index in [9.17, 15) is 24.4 Å². The summed E-state index contributed by atoms with van der Waals surface area (Å²) >= 11 is 0. The molecule has 0 bridgehead atoms. The van der Waals surface area contributed by atoms with Crippen LogP contribution in [0.3, 0.4) is 0 Å². The van der Waals surface area contributed by atoms with Crippen molar-refractivity contribution in [1.82, 2.24) is 10.6 Å². The molecule has 0 heterocycles. The Morgan fingerprint density at radius 2 is 1.56 bits per heavy atom. The molecular weight excluding hydrogens is 639 g/mol. The zero-order chi connectivity index (χ0) is 34.9. The van der Waals surface area contributed by atoms with Crippen LogP contribution in [0.5, 0.6) is 5.75 Å². The van der Waals surface area contributed by atoms with Crippen molar-refractivity contribution < 1.29 is 48.2 Å². The first-order chi connectivity index (χ1) is 22.7. The molecule has 1 aliphatic rings. The molecule has 13 heteroatoms. The van der Waals surface area contributed by atoms with Crippen molar-refractivity contribution in [2.24, 2.45) is 5.92 Å². The third-order valence-corrected chi connectivity index (χ3v) is 8.40. The number of aliphatic hydroxyl groups is 2. The van der Waals surface area contributed by atoms with Gasteiger partial charge in [-0.05, 0) is 74.4 Å². The fourth-order valence-corrected chi connectivity index (χ4v) is 6.00. The summed E-state index contributed by atoms with van der Waals surface area (Å²) in [6.07, 6.45) is -1.72. The van der Waals surface area contributed by atoms with Gasteiger partial charge in [0.1, 0.15) is 18.0 Å². The molecule has 3 aromatic carbocycles. The van der Waals surface area contributed by atoms with Crippen LogP contribution < -0.4 is 15.4 Å². The highest BCUT2D eigenvalue weighted by molar-refractivity contribution is 7.46. The molecule has 0 fully saturated rings. The maximum Gasteiger partial charge on any atom is 0.469 e. The number of carbonyl (C=O) groups is 2. The van der Waals surface area contributed by atoms with Crippen molar-refractivity contribution in [2.45, 2.75) is 76.3 Å². The Labute approximate surface area is 280 Å². The van der Waals surface area contributed by atoms with E-state index in [1.54, 1.807) is 45.0 Å². The summed E-state index contributed by atoms with van der Waals surface area (Å²) in [6.45, 7) is 4.86. The molecule has 1 aliphatic carbocycles. The smallest absolute Gasteiger partial charge is 0.469 e. The molecule has 6 N–H and O–H groups in total. The third-order valence-electron chi connectivity index (χ3n) is 7.88. The minimum Gasteiger partial charge on any atom is -0.491 e. The lowest BCUT2D eigenvalue weighted by Gasteiger charge is -2.29. The fourth-order valence-electron chi connectivity index (χ4n) is 5.69. The number of benzene rings is 3. The Hall–Kier alpha value is -3.77. The molecule has 4 rings (SSSR count). The van der Waals surface area contributed by atoms with Crippen molar-refractivity contribution in [1.29, 1.82) is 0 Å². The van der Waals surface area contributed by atoms with Gasteiger partial charge in [-0.25, -0.2) is 9.36 Å². The summed E-state index contributed by atoms with van der Waals surface area (Å²) in [5.74, 6) is -0.688. The van der Waals surface area contributed by atoms with Crippen molar-refractivity contribution in [3.8, 4) is 5.75 Å². The van der Waals surface area contributed by atoms with Crippen LogP contribution in [0.15, 0.2) is 78.9 Å². The fraction of sp³-hybridized carbons (Fsp3) is 0.429. The zero-order valence-electron chi connectivity index (χ0n) is 27.3. The van der Waals surface area contributed by atoms with Gasteiger partial charge < -0.3 is 40.1 Å². The number of hydrogen-bond donors (Lipinski definition) is 6. The summed E-state index contributed by atoms with van der Waals surface area (Å²) in [5.41, 5.74) is 2.68. The van der Waals surface area contributed by atoms with Crippen LogP contribution in [0.2, 0.25) is 0 Å². The van der Waals surface area contributed by atoms with Crippen molar-refractivity contribution >= 4 is 19.8 Å². The summed E-state index contributed by atoms with van der Waals surface area (Å²) < 4.78 is 26.2. The number of amides is 2. The van der Waals surface area contributed by atoms with Gasteiger partial charge in [-0.3, -0.25) is 9.32 Å². The van der Waals surface area contributed by atoms with E-state index in [4.69, 9.17) is 19.3 Å². The van der Waals surface area contributed by atoms with E-state index >= 15 is 0 Å². The average molecular weight is 685 g/mol. The molecule has 0 unspecified atom stereocenters. The highest BCUT2D eigenvalue weighted by Crippen LogP contribution is 2.35. The van der Waals surface area contributed by atoms with Crippen LogP contribution in [-0.2, 0) is 37.9 Å². The van der Waals surface area contributed by atoms with E-state index in [2.05, 4.69) is 15.2 Å². The zero-order valence-corrected chi connectivity index (χ0v) is 28.2. The number of alkyl carbamates (subject to hydrolysis) is 1. The van der Waals surface area contributed by atoms with E-state index < -0.39 is 49.7 Å². The third kappa shape index (κ3) is 11.7. The number of hydrogen-bond acceptors (Lipinski definition) is 8. The Morgan fingerprint density at radius 1 is 0.917 bits per heavy atom. The lowest BCUT2D eigenvalue weighted by Crippen LogP contribution is -2.48. The van der Waals surface area contributed by atoms with E-state index in [1.807, 2.05) is 54.6 Å². The van der Waals surface area contributed by atoms with Gasteiger partial charge in [0.05, 0.1) is 30.9 Å². The Bertz CT molecular complexity index is 1540. The Morgan fingerprint density at radius 3 is 2.23 bits per heavy atom. The molecule has 2 amide bonds. The van der Waals surface area contributed by atoms with Crippen molar-refractivity contribution in [3.05, 3.63) is 101 Å². The highest BCUT2D eigenvalue weighted by Gasteiger charge is 2.35. The van der Waals surface area contributed by atoms with Crippen LogP contribution in [-0.4, -0.2) is 69.1 Å². The minimum absolute atomic E-state index is 0.0123. The van der Waals surface area contributed by atoms with E-state index in [0.717, 1.165) is 22.3 Å². The molecule has 12 nitrogen and oxygen atoms in total. The second-order valence-electron chi connectivity index (χ2n) is 12.9. The quantitative estimate of drug-likeness (QED) is 0.101. The largest absolute Gasteiger partial charge is 0.491 e. The minimum atomic E-state index is -4.59. The number of fused-ring (bicyclic) bond motifs is 1. The molecule has 260 valence electrons. The molecule has 0 saturated heterocycles. The molecule has 0 aromatic heterocycles. The summed E-state index contributed by atoms with van der Waals surface area (Å²) in [5, 5.41) is 28.3. The summed E-state index contributed by atoms with van der Waals surface area (Å²) in [4.78, 5) is 44.4. The molecule has 0 radical (unpaired) electrons. The lowest BCUT2D eigenvalue weighted by molar-refractivity contribution is -0.127. The Balaban J connectivity index is 1.53. The molecular formula is C35H45N2O10P. The van der Waals surface area contributed by atoms with Crippen LogP contribution in [0, 0.1) is 5.92 Å². The topological polar surface area (TPSA) is 184 Å². The number of ether oxygens (including phenoxy) is 2. The SMILES string of the molecule is CC(C)(C)OC(=O)N[C@@H](Cc1ccccc1)[C@@H](O)C[C@@H](Cc1ccc(OCCOP(=O)(O)O)cc1)C(=O)N[C@H]1c2ccccc2C[C@H]1O. The van der Waals surface area contributed by atoms with Gasteiger partial charge in [-0.2, -0.15) is 0 Å². The summed E-state index contributed by atoms with van der Waals surface area (Å²) in [6, 6.07) is 22.4. The second kappa shape index (κ2) is 16.6. The number of rotatable bonds is 15. The first-order valence-corrected chi connectivity index (χ1v) is 17.4. The molecule has 0 aliphatic heterocycles. The number of aliphatic hydroxyl groups excluding tert-OH is 2. The molecule has 5 atom stereocenters. The van der Waals surface area contributed by atoms with Crippen LogP contribution >= 0.6 is 7.82 Å². The molecule has 3 aromatic rings. The number of carbonyl (C=O) groups excluding carboxylic acids is 2. The number of nitrogens with one attached hydrogen (secondary N) is 2. The van der Waals surface area contributed by atoms with Gasteiger partial charge in [0.2, 0.25) is 5.91 Å². The van der Waals surface area contributed by atoms with Crippen molar-refractivity contribution in [2.75, 3.05) is 13.2 Å². The predicted molar refractivity (Wildman–Crippen MR) is 178 cm³/mol. The van der Waals surface area contributed by atoms with Crippen LogP contribution in [0.25, 0.3) is 0 Å². The number of phosphoric acid groups is 1. The second-order valence-corrected chi connectivity index (χ2v) is 14.2. The highest BCUT2D eigenvalue weighted by atomic mass is 31.2. The maximum atomic E-state index is 14.0. The van der Waals surface area contributed by atoms with Gasteiger partial charge in [0.25, 0.3) is 0 Å². The summed E-state index contributed by atoms with van der Waals surface area (Å²) in [7, 11) is -4.59. The monoisotopic (exact) mass is 684 g/mol. The Kier molecular flexibility index (Phi) is 12.8. The molecule has 0 spiro atoms. The first-order valence-electron chi connectivity index (χ1n) is 15.9. The predicted octanol–water partition coefficient (Wildman–Crippen LogP) is 3.99. The first kappa shape index (κ1) is 37.1. The molecule has 0 saturated carbocycles.